The van der Waals surface area contributed by atoms with Gasteiger partial charge in [-0.2, -0.15) is 5.26 Å². The normalized spacial score (nSPS) is 10.8. The highest BCUT2D eigenvalue weighted by Gasteiger charge is 2.11. The Labute approximate surface area is 123 Å². The van der Waals surface area contributed by atoms with Gasteiger partial charge >= 0.3 is 0 Å². The number of hydrogen-bond donors (Lipinski definition) is 2. The number of phenols is 1. The molecule has 4 nitrogen and oxygen atoms in total. The number of rotatable bonds is 4. The van der Waals surface area contributed by atoms with Crippen LogP contribution in [0, 0.1) is 18.3 Å². The number of Topliss-reactive ketones (excluding diaryl/α,β-unsaturated/α-hetero) is 1. The van der Waals surface area contributed by atoms with Gasteiger partial charge in [0.25, 0.3) is 0 Å². The molecule has 2 aromatic carbocycles. The van der Waals surface area contributed by atoms with E-state index >= 15 is 0 Å². The summed E-state index contributed by atoms with van der Waals surface area (Å²) in [6, 6.07) is 15.4. The largest absolute Gasteiger partial charge is 0.508 e. The third-order valence-corrected chi connectivity index (χ3v) is 2.98. The Hall–Kier alpha value is -3.06. The number of aromatic hydroxyl groups is 1. The lowest BCUT2D eigenvalue weighted by molar-refractivity contribution is 0.103. The van der Waals surface area contributed by atoms with E-state index in [0.29, 0.717) is 5.56 Å². The first-order valence-electron chi connectivity index (χ1n) is 6.38. The van der Waals surface area contributed by atoms with Crippen molar-refractivity contribution in [3.05, 3.63) is 71.4 Å². The van der Waals surface area contributed by atoms with Gasteiger partial charge in [-0.25, -0.2) is 0 Å². The quantitative estimate of drug-likeness (QED) is 0.389. The molecular formula is C17H14N2O2. The van der Waals surface area contributed by atoms with Gasteiger partial charge in [0.2, 0.25) is 5.78 Å². The van der Waals surface area contributed by atoms with Crippen molar-refractivity contribution in [1.29, 1.82) is 5.26 Å². The average Bonchev–Trinajstić information content (AvgIpc) is 2.50. The molecule has 0 radical (unpaired) electrons. The Balaban J connectivity index is 2.22. The number of phenolic OH excluding ortho intramolecular Hbond substituents is 1. The maximum absolute atomic E-state index is 12.2. The van der Waals surface area contributed by atoms with E-state index in [1.165, 1.54) is 12.3 Å². The van der Waals surface area contributed by atoms with Gasteiger partial charge in [-0.15, -0.1) is 0 Å². The first kappa shape index (κ1) is 14.4. The van der Waals surface area contributed by atoms with Gasteiger partial charge in [0.1, 0.15) is 17.4 Å². The summed E-state index contributed by atoms with van der Waals surface area (Å²) in [7, 11) is 0. The highest BCUT2D eigenvalue weighted by molar-refractivity contribution is 6.11. The third kappa shape index (κ3) is 3.48. The Morgan fingerprint density at radius 2 is 1.95 bits per heavy atom. The van der Waals surface area contributed by atoms with Gasteiger partial charge in [-0.1, -0.05) is 30.3 Å². The monoisotopic (exact) mass is 278 g/mol. The molecule has 0 unspecified atom stereocenters. The molecule has 0 aliphatic heterocycles. The predicted molar refractivity (Wildman–Crippen MR) is 80.9 cm³/mol. The fourth-order valence-corrected chi connectivity index (χ4v) is 1.85. The fourth-order valence-electron chi connectivity index (χ4n) is 1.85. The SMILES string of the molecule is Cc1cc(O)ccc1NC=C(C#N)C(=O)c1ccccc1. The highest BCUT2D eigenvalue weighted by atomic mass is 16.3. The van der Waals surface area contributed by atoms with E-state index in [0.717, 1.165) is 11.3 Å². The summed E-state index contributed by atoms with van der Waals surface area (Å²) >= 11 is 0. The summed E-state index contributed by atoms with van der Waals surface area (Å²) in [6.07, 6.45) is 1.38. The number of allylic oxidation sites excluding steroid dienone is 1. The summed E-state index contributed by atoms with van der Waals surface area (Å²) < 4.78 is 0. The van der Waals surface area contributed by atoms with Gasteiger partial charge in [-0.3, -0.25) is 4.79 Å². The summed E-state index contributed by atoms with van der Waals surface area (Å²) in [6.45, 7) is 1.82. The minimum Gasteiger partial charge on any atom is -0.508 e. The first-order valence-corrected chi connectivity index (χ1v) is 6.38. The maximum atomic E-state index is 12.2. The van der Waals surface area contributed by atoms with Gasteiger partial charge < -0.3 is 10.4 Å². The van der Waals surface area contributed by atoms with Gasteiger partial charge in [-0.05, 0) is 30.7 Å². The van der Waals surface area contributed by atoms with Crippen LogP contribution in [0.5, 0.6) is 5.75 Å². The smallest absolute Gasteiger partial charge is 0.205 e. The number of nitrogens with zero attached hydrogens (tertiary/aromatic N) is 1. The van der Waals surface area contributed by atoms with Crippen molar-refractivity contribution in [3.63, 3.8) is 0 Å². The summed E-state index contributed by atoms with van der Waals surface area (Å²) in [4.78, 5) is 12.2. The molecule has 4 heteroatoms. The zero-order valence-corrected chi connectivity index (χ0v) is 11.5. The fraction of sp³-hybridized carbons (Fsp3) is 0.0588. The molecule has 2 aromatic rings. The lowest BCUT2D eigenvalue weighted by Gasteiger charge is -2.06. The minimum absolute atomic E-state index is 0.0219. The number of ketones is 1. The van der Waals surface area contributed by atoms with Gasteiger partial charge in [0.05, 0.1) is 0 Å². The van der Waals surface area contributed by atoms with E-state index in [2.05, 4.69) is 5.32 Å². The van der Waals surface area contributed by atoms with Crippen LogP contribution in [0.3, 0.4) is 0 Å². The van der Waals surface area contributed by atoms with E-state index in [1.807, 2.05) is 19.1 Å². The Morgan fingerprint density at radius 1 is 1.24 bits per heavy atom. The molecule has 0 fully saturated rings. The number of nitrogens with one attached hydrogen (secondary N) is 1. The molecule has 0 heterocycles. The number of anilines is 1. The average molecular weight is 278 g/mol. The maximum Gasteiger partial charge on any atom is 0.205 e. The van der Waals surface area contributed by atoms with Crippen molar-refractivity contribution >= 4 is 11.5 Å². The van der Waals surface area contributed by atoms with E-state index in [9.17, 15) is 9.90 Å². The molecule has 21 heavy (non-hydrogen) atoms. The number of nitriles is 1. The summed E-state index contributed by atoms with van der Waals surface area (Å²) in [5.41, 5.74) is 2.03. The van der Waals surface area contributed by atoms with Crippen molar-refractivity contribution in [2.24, 2.45) is 0 Å². The van der Waals surface area contributed by atoms with Crippen LogP contribution in [0.15, 0.2) is 60.3 Å². The standard InChI is InChI=1S/C17H14N2O2/c1-12-9-15(20)7-8-16(12)19-11-14(10-18)17(21)13-5-3-2-4-6-13/h2-9,11,19-20H,1H3. The lowest BCUT2D eigenvalue weighted by Crippen LogP contribution is -2.04. The molecule has 0 aromatic heterocycles. The van der Waals surface area contributed by atoms with Gasteiger partial charge in [0.15, 0.2) is 0 Å². The number of benzene rings is 2. The molecule has 0 saturated carbocycles. The number of aryl methyl sites for hydroxylation is 1. The molecule has 104 valence electrons. The molecule has 0 aliphatic rings. The van der Waals surface area contributed by atoms with Crippen LogP contribution in [-0.4, -0.2) is 10.9 Å². The van der Waals surface area contributed by atoms with Gasteiger partial charge in [0, 0.05) is 17.5 Å². The van der Waals surface area contributed by atoms with Crippen LogP contribution >= 0.6 is 0 Å². The van der Waals surface area contributed by atoms with Crippen LogP contribution in [0.1, 0.15) is 15.9 Å². The second kappa shape index (κ2) is 6.40. The number of hydrogen-bond acceptors (Lipinski definition) is 4. The van der Waals surface area contributed by atoms with E-state index in [1.54, 1.807) is 36.4 Å². The molecular weight excluding hydrogens is 264 g/mol. The van der Waals surface area contributed by atoms with E-state index in [4.69, 9.17) is 5.26 Å². The van der Waals surface area contributed by atoms with E-state index in [-0.39, 0.29) is 17.1 Å². The van der Waals surface area contributed by atoms with Crippen molar-refractivity contribution in [2.45, 2.75) is 6.92 Å². The van der Waals surface area contributed by atoms with Crippen molar-refractivity contribution in [2.75, 3.05) is 5.32 Å². The molecule has 0 saturated heterocycles. The molecule has 0 bridgehead atoms. The molecule has 0 aliphatic carbocycles. The molecule has 2 rings (SSSR count). The Kier molecular flexibility index (Phi) is 4.37. The zero-order chi connectivity index (χ0) is 15.2. The zero-order valence-electron chi connectivity index (χ0n) is 11.5. The lowest BCUT2D eigenvalue weighted by atomic mass is 10.1. The van der Waals surface area contributed by atoms with E-state index < -0.39 is 0 Å². The topological polar surface area (TPSA) is 73.1 Å². The van der Waals surface area contributed by atoms with Crippen molar-refractivity contribution in [3.8, 4) is 11.8 Å². The van der Waals surface area contributed by atoms with Crippen LogP contribution in [-0.2, 0) is 0 Å². The second-order valence-electron chi connectivity index (χ2n) is 4.51. The van der Waals surface area contributed by atoms with Crippen LogP contribution in [0.4, 0.5) is 5.69 Å². The molecule has 2 N–H and O–H groups in total. The minimum atomic E-state index is -0.331. The highest BCUT2D eigenvalue weighted by Crippen LogP contribution is 2.20. The molecule has 0 atom stereocenters. The first-order chi connectivity index (χ1) is 10.1. The summed E-state index contributed by atoms with van der Waals surface area (Å²) in [5.74, 6) is -0.162. The Morgan fingerprint density at radius 3 is 2.57 bits per heavy atom. The van der Waals surface area contributed by atoms with Crippen molar-refractivity contribution < 1.29 is 9.90 Å². The number of carbonyl (C=O) groups is 1. The van der Waals surface area contributed by atoms with Crippen LogP contribution < -0.4 is 5.32 Å². The number of carbonyl (C=O) groups excluding carboxylic acids is 1. The summed E-state index contributed by atoms with van der Waals surface area (Å²) in [5, 5.41) is 21.4. The van der Waals surface area contributed by atoms with Crippen LogP contribution in [0.2, 0.25) is 0 Å². The van der Waals surface area contributed by atoms with Crippen molar-refractivity contribution in [1.82, 2.24) is 0 Å². The Bertz CT molecular complexity index is 728. The van der Waals surface area contributed by atoms with Crippen LogP contribution in [0.25, 0.3) is 0 Å². The molecule has 0 spiro atoms. The second-order valence-corrected chi connectivity index (χ2v) is 4.51. The third-order valence-electron chi connectivity index (χ3n) is 2.98. The molecule has 0 amide bonds. The predicted octanol–water partition coefficient (Wildman–Crippen LogP) is 3.40.